The van der Waals surface area contributed by atoms with Gasteiger partial charge in [0.15, 0.2) is 0 Å². The van der Waals surface area contributed by atoms with Crippen LogP contribution < -0.4 is 10.6 Å². The monoisotopic (exact) mass is 501 g/mol. The Morgan fingerprint density at radius 1 is 1.06 bits per heavy atom. The number of aromatic nitrogens is 2. The number of nitrogens with zero attached hydrogens (tertiary/aromatic N) is 3. The largest absolute Gasteiger partial charge is 0.322 e. The average Bonchev–Trinajstić information content (AvgIpc) is 3.19. The maximum Gasteiger partial charge on any atom is 0.322 e. The van der Waals surface area contributed by atoms with Gasteiger partial charge in [-0.25, -0.2) is 9.48 Å². The zero-order valence-corrected chi connectivity index (χ0v) is 21.5. The minimum absolute atomic E-state index is 0.148. The van der Waals surface area contributed by atoms with E-state index in [1.807, 2.05) is 37.3 Å². The molecule has 180 valence electrons. The van der Waals surface area contributed by atoms with Gasteiger partial charge in [0.2, 0.25) is 5.91 Å². The molecule has 3 rings (SSSR count). The molecule has 0 radical (unpaired) electrons. The second-order valence-corrected chi connectivity index (χ2v) is 9.79. The molecule has 1 aromatic heterocycles. The first-order chi connectivity index (χ1) is 16.0. The van der Waals surface area contributed by atoms with Crippen LogP contribution in [-0.2, 0) is 10.2 Å². The molecule has 2 N–H and O–H groups in total. The summed E-state index contributed by atoms with van der Waals surface area (Å²) < 4.78 is 1.72. The van der Waals surface area contributed by atoms with Gasteiger partial charge in [0.05, 0.1) is 27.1 Å². The van der Waals surface area contributed by atoms with Gasteiger partial charge in [0.1, 0.15) is 12.4 Å². The van der Waals surface area contributed by atoms with Crippen molar-refractivity contribution >= 4 is 46.6 Å². The molecule has 34 heavy (non-hydrogen) atoms. The van der Waals surface area contributed by atoms with Gasteiger partial charge in [0.25, 0.3) is 0 Å². The summed E-state index contributed by atoms with van der Waals surface area (Å²) in [5.41, 5.74) is 2.93. The number of halogens is 2. The van der Waals surface area contributed by atoms with E-state index in [-0.39, 0.29) is 22.9 Å². The molecular weight excluding hydrogens is 473 g/mol. The van der Waals surface area contributed by atoms with Crippen molar-refractivity contribution in [3.05, 3.63) is 69.8 Å². The van der Waals surface area contributed by atoms with Gasteiger partial charge in [-0.3, -0.25) is 4.79 Å². The summed E-state index contributed by atoms with van der Waals surface area (Å²) in [5, 5.41) is 10.9. The van der Waals surface area contributed by atoms with Crippen LogP contribution in [0.15, 0.2) is 48.5 Å². The van der Waals surface area contributed by atoms with Crippen LogP contribution in [0, 0.1) is 6.92 Å². The SMILES string of the molecule is CCN(CC(=O)Nc1cc(C(C)(C)C)nn1-c1cccc(C)c1)C(=O)Nc1cccc(Cl)c1Cl. The van der Waals surface area contributed by atoms with Crippen LogP contribution in [-0.4, -0.2) is 39.7 Å². The minimum Gasteiger partial charge on any atom is -0.315 e. The number of carbonyl (C=O) groups is 2. The number of anilines is 2. The van der Waals surface area contributed by atoms with E-state index in [1.165, 1.54) is 4.90 Å². The summed E-state index contributed by atoms with van der Waals surface area (Å²) >= 11 is 12.2. The van der Waals surface area contributed by atoms with E-state index in [0.717, 1.165) is 16.9 Å². The number of rotatable bonds is 6. The Labute approximate surface area is 210 Å². The quantitative estimate of drug-likeness (QED) is 0.417. The predicted molar refractivity (Wildman–Crippen MR) is 138 cm³/mol. The normalized spacial score (nSPS) is 11.3. The highest BCUT2D eigenvalue weighted by atomic mass is 35.5. The summed E-state index contributed by atoms with van der Waals surface area (Å²) in [5.74, 6) is 0.193. The zero-order valence-electron chi connectivity index (χ0n) is 19.9. The third-order valence-electron chi connectivity index (χ3n) is 5.19. The number of carbonyl (C=O) groups excluding carboxylic acids is 2. The highest BCUT2D eigenvalue weighted by Gasteiger charge is 2.23. The van der Waals surface area contributed by atoms with Gasteiger partial charge in [-0.2, -0.15) is 5.10 Å². The van der Waals surface area contributed by atoms with Gasteiger partial charge >= 0.3 is 6.03 Å². The van der Waals surface area contributed by atoms with Crippen LogP contribution in [0.2, 0.25) is 10.0 Å². The Balaban J connectivity index is 1.79. The smallest absolute Gasteiger partial charge is 0.315 e. The van der Waals surface area contributed by atoms with Crippen molar-refractivity contribution in [2.75, 3.05) is 23.7 Å². The van der Waals surface area contributed by atoms with Crippen LogP contribution in [0.1, 0.15) is 39.0 Å². The van der Waals surface area contributed by atoms with Crippen molar-refractivity contribution < 1.29 is 9.59 Å². The molecule has 7 nitrogen and oxygen atoms in total. The van der Waals surface area contributed by atoms with Crippen molar-refractivity contribution in [3.8, 4) is 5.69 Å². The first kappa shape index (κ1) is 25.6. The van der Waals surface area contributed by atoms with Crippen molar-refractivity contribution in [2.45, 2.75) is 40.0 Å². The molecule has 0 unspecified atom stereocenters. The Hall–Kier alpha value is -3.03. The molecule has 0 bridgehead atoms. The van der Waals surface area contributed by atoms with Gasteiger partial charge in [-0.1, -0.05) is 62.2 Å². The fraction of sp³-hybridized carbons (Fsp3) is 0.320. The third kappa shape index (κ3) is 6.10. The Morgan fingerprint density at radius 3 is 2.41 bits per heavy atom. The van der Waals surface area contributed by atoms with Crippen LogP contribution in [0.5, 0.6) is 0 Å². The van der Waals surface area contributed by atoms with E-state index in [1.54, 1.807) is 29.8 Å². The molecule has 0 fully saturated rings. The lowest BCUT2D eigenvalue weighted by atomic mass is 9.92. The zero-order chi connectivity index (χ0) is 25.0. The maximum absolute atomic E-state index is 12.9. The number of likely N-dealkylation sites (N-methyl/N-ethyl adjacent to an activating group) is 1. The molecule has 0 aliphatic carbocycles. The van der Waals surface area contributed by atoms with Gasteiger partial charge in [0, 0.05) is 18.0 Å². The van der Waals surface area contributed by atoms with Crippen molar-refractivity contribution in [1.29, 1.82) is 0 Å². The Kier molecular flexibility index (Phi) is 7.89. The van der Waals surface area contributed by atoms with Gasteiger partial charge < -0.3 is 15.5 Å². The Bertz CT molecular complexity index is 1200. The second-order valence-electron chi connectivity index (χ2n) is 9.01. The fourth-order valence-electron chi connectivity index (χ4n) is 3.27. The first-order valence-electron chi connectivity index (χ1n) is 11.0. The molecule has 3 amide bonds. The van der Waals surface area contributed by atoms with E-state index < -0.39 is 6.03 Å². The standard InChI is InChI=1S/C25H29Cl2N5O2/c1-6-31(24(34)28-19-12-8-11-18(26)23(19)27)15-22(33)29-21-14-20(25(3,4)5)30-32(21)17-10-7-9-16(2)13-17/h7-14H,6,15H2,1-5H3,(H,28,34)(H,29,33). The van der Waals surface area contributed by atoms with E-state index in [2.05, 4.69) is 31.4 Å². The molecule has 0 atom stereocenters. The summed E-state index contributed by atoms with van der Waals surface area (Å²) in [7, 11) is 0. The molecule has 0 saturated heterocycles. The van der Waals surface area contributed by atoms with Crippen LogP contribution in [0.25, 0.3) is 5.69 Å². The number of urea groups is 1. The number of nitrogens with one attached hydrogen (secondary N) is 2. The van der Waals surface area contributed by atoms with E-state index >= 15 is 0 Å². The summed E-state index contributed by atoms with van der Waals surface area (Å²) in [4.78, 5) is 27.1. The number of hydrogen-bond donors (Lipinski definition) is 2. The average molecular weight is 502 g/mol. The van der Waals surface area contributed by atoms with Gasteiger partial charge in [-0.15, -0.1) is 0 Å². The highest BCUT2D eigenvalue weighted by molar-refractivity contribution is 6.43. The van der Waals surface area contributed by atoms with Crippen molar-refractivity contribution in [1.82, 2.24) is 14.7 Å². The van der Waals surface area contributed by atoms with E-state index in [9.17, 15) is 9.59 Å². The molecule has 0 saturated carbocycles. The lowest BCUT2D eigenvalue weighted by Crippen LogP contribution is -2.40. The van der Waals surface area contributed by atoms with Crippen LogP contribution in [0.3, 0.4) is 0 Å². The molecule has 0 aliphatic heterocycles. The number of amides is 3. The van der Waals surface area contributed by atoms with Crippen molar-refractivity contribution in [2.24, 2.45) is 0 Å². The number of hydrogen-bond acceptors (Lipinski definition) is 3. The molecule has 0 spiro atoms. The van der Waals surface area contributed by atoms with E-state index in [0.29, 0.717) is 23.1 Å². The second kappa shape index (κ2) is 10.5. The van der Waals surface area contributed by atoms with E-state index in [4.69, 9.17) is 28.3 Å². The summed E-state index contributed by atoms with van der Waals surface area (Å²) in [6.45, 7) is 10.1. The molecule has 3 aromatic rings. The fourth-order valence-corrected chi connectivity index (χ4v) is 3.62. The minimum atomic E-state index is -0.454. The van der Waals surface area contributed by atoms with Crippen LogP contribution in [0.4, 0.5) is 16.3 Å². The number of aryl methyl sites for hydroxylation is 1. The predicted octanol–water partition coefficient (Wildman–Crippen LogP) is 6.28. The number of benzene rings is 2. The highest BCUT2D eigenvalue weighted by Crippen LogP contribution is 2.30. The lowest BCUT2D eigenvalue weighted by Gasteiger charge is -2.21. The summed E-state index contributed by atoms with van der Waals surface area (Å²) in [6, 6.07) is 14.2. The third-order valence-corrected chi connectivity index (χ3v) is 6.01. The van der Waals surface area contributed by atoms with Crippen molar-refractivity contribution in [3.63, 3.8) is 0 Å². The summed E-state index contributed by atoms with van der Waals surface area (Å²) in [6.07, 6.45) is 0. The Morgan fingerprint density at radius 2 is 1.76 bits per heavy atom. The molecule has 2 aromatic carbocycles. The topological polar surface area (TPSA) is 79.3 Å². The van der Waals surface area contributed by atoms with Crippen LogP contribution >= 0.6 is 23.2 Å². The first-order valence-corrected chi connectivity index (χ1v) is 11.7. The lowest BCUT2D eigenvalue weighted by molar-refractivity contribution is -0.116. The molecule has 9 heteroatoms. The molecule has 1 heterocycles. The van der Waals surface area contributed by atoms with Gasteiger partial charge in [-0.05, 0) is 43.7 Å². The molecular formula is C25H29Cl2N5O2. The molecule has 0 aliphatic rings. The maximum atomic E-state index is 12.9.